The van der Waals surface area contributed by atoms with E-state index >= 15 is 0 Å². The summed E-state index contributed by atoms with van der Waals surface area (Å²) in [5.41, 5.74) is 4.20. The molecule has 16 heavy (non-hydrogen) atoms. The van der Waals surface area contributed by atoms with Gasteiger partial charge in [-0.2, -0.15) is 0 Å². The molecule has 1 aromatic carbocycles. The third-order valence-corrected chi connectivity index (χ3v) is 3.41. The van der Waals surface area contributed by atoms with E-state index in [9.17, 15) is 0 Å². The van der Waals surface area contributed by atoms with Crippen LogP contribution in [0.15, 0.2) is 48.7 Å². The predicted octanol–water partition coefficient (Wildman–Crippen LogP) is 3.55. The predicted molar refractivity (Wildman–Crippen MR) is 65.5 cm³/mol. The van der Waals surface area contributed by atoms with Gasteiger partial charge in [-0.3, -0.25) is 4.98 Å². The van der Waals surface area contributed by atoms with Crippen LogP contribution in [0.2, 0.25) is 0 Å². The Labute approximate surface area is 96.2 Å². The van der Waals surface area contributed by atoms with Gasteiger partial charge in [0.15, 0.2) is 0 Å². The van der Waals surface area contributed by atoms with Gasteiger partial charge in [0, 0.05) is 17.8 Å². The summed E-state index contributed by atoms with van der Waals surface area (Å²) < 4.78 is 0. The molecule has 2 aromatic rings. The van der Waals surface area contributed by atoms with Gasteiger partial charge in [-0.1, -0.05) is 30.3 Å². The lowest BCUT2D eigenvalue weighted by molar-refractivity contribution is 0.604. The van der Waals surface area contributed by atoms with Gasteiger partial charge >= 0.3 is 0 Å². The molecule has 1 heterocycles. The second kappa shape index (κ2) is 4.09. The Balaban J connectivity index is 2.05. The molecule has 1 nitrogen and oxygen atoms in total. The molecule has 0 fully saturated rings. The van der Waals surface area contributed by atoms with Crippen LogP contribution in [0.5, 0.6) is 0 Å². The maximum atomic E-state index is 4.50. The Hall–Kier alpha value is -1.63. The van der Waals surface area contributed by atoms with E-state index in [0.29, 0.717) is 5.92 Å². The molecule has 1 atom stereocenters. The topological polar surface area (TPSA) is 12.9 Å². The molecule has 0 saturated heterocycles. The molecule has 0 bridgehead atoms. The summed E-state index contributed by atoms with van der Waals surface area (Å²) in [5, 5.41) is 0. The van der Waals surface area contributed by atoms with Crippen molar-refractivity contribution in [1.82, 2.24) is 4.98 Å². The fraction of sp³-hybridized carbons (Fsp3) is 0.267. The van der Waals surface area contributed by atoms with Gasteiger partial charge < -0.3 is 0 Å². The van der Waals surface area contributed by atoms with Crippen LogP contribution in [0.25, 0.3) is 0 Å². The number of pyridine rings is 1. The Kier molecular flexibility index (Phi) is 2.45. The zero-order valence-electron chi connectivity index (χ0n) is 9.26. The fourth-order valence-electron chi connectivity index (χ4n) is 2.64. The summed E-state index contributed by atoms with van der Waals surface area (Å²) in [4.78, 5) is 4.50. The van der Waals surface area contributed by atoms with E-state index < -0.39 is 0 Å². The Bertz CT molecular complexity index is 476. The van der Waals surface area contributed by atoms with E-state index in [4.69, 9.17) is 0 Å². The Morgan fingerprint density at radius 1 is 1.00 bits per heavy atom. The monoisotopic (exact) mass is 209 g/mol. The molecule has 1 aliphatic carbocycles. The van der Waals surface area contributed by atoms with Crippen LogP contribution < -0.4 is 0 Å². The van der Waals surface area contributed by atoms with Crippen molar-refractivity contribution in [1.29, 1.82) is 0 Å². The molecule has 0 spiro atoms. The number of fused-ring (bicyclic) bond motifs is 1. The van der Waals surface area contributed by atoms with Gasteiger partial charge in [0.25, 0.3) is 0 Å². The van der Waals surface area contributed by atoms with Crippen molar-refractivity contribution in [3.8, 4) is 0 Å². The van der Waals surface area contributed by atoms with Crippen LogP contribution in [0.4, 0.5) is 0 Å². The molecule has 1 unspecified atom stereocenters. The van der Waals surface area contributed by atoms with E-state index in [-0.39, 0.29) is 0 Å². The highest BCUT2D eigenvalue weighted by atomic mass is 14.7. The number of aromatic nitrogens is 1. The van der Waals surface area contributed by atoms with E-state index in [1.807, 2.05) is 12.3 Å². The molecular formula is C15H15N. The normalized spacial score (nSPS) is 19.1. The summed E-state index contributed by atoms with van der Waals surface area (Å²) in [7, 11) is 0. The lowest BCUT2D eigenvalue weighted by Gasteiger charge is -2.24. The molecule has 0 N–H and O–H groups in total. The first-order valence-corrected chi connectivity index (χ1v) is 5.94. The number of rotatable bonds is 1. The largest absolute Gasteiger partial charge is 0.261 e. The third kappa shape index (κ3) is 1.63. The SMILES string of the molecule is c1ccc(C2CCCc3ccccc32)nc1. The highest BCUT2D eigenvalue weighted by molar-refractivity contribution is 5.37. The summed E-state index contributed by atoms with van der Waals surface area (Å²) in [5.74, 6) is 0.506. The third-order valence-electron chi connectivity index (χ3n) is 3.41. The summed E-state index contributed by atoms with van der Waals surface area (Å²) in [6.07, 6.45) is 5.62. The first-order valence-electron chi connectivity index (χ1n) is 5.94. The van der Waals surface area contributed by atoms with Crippen LogP contribution in [0.3, 0.4) is 0 Å². The van der Waals surface area contributed by atoms with Gasteiger partial charge in [-0.05, 0) is 42.5 Å². The molecule has 1 heteroatoms. The van der Waals surface area contributed by atoms with Crippen molar-refractivity contribution < 1.29 is 0 Å². The highest BCUT2D eigenvalue weighted by Gasteiger charge is 2.21. The van der Waals surface area contributed by atoms with Crippen molar-refractivity contribution in [2.45, 2.75) is 25.2 Å². The number of aryl methyl sites for hydroxylation is 1. The molecule has 1 aromatic heterocycles. The van der Waals surface area contributed by atoms with Crippen molar-refractivity contribution in [2.75, 3.05) is 0 Å². The standard InChI is InChI=1S/C15H15N/c1-2-8-13-12(6-1)7-5-9-14(13)15-10-3-4-11-16-15/h1-4,6,8,10-11,14H,5,7,9H2. The van der Waals surface area contributed by atoms with E-state index in [0.717, 1.165) is 0 Å². The average molecular weight is 209 g/mol. The lowest BCUT2D eigenvalue weighted by atomic mass is 9.81. The van der Waals surface area contributed by atoms with Crippen molar-refractivity contribution in [3.63, 3.8) is 0 Å². The molecule has 80 valence electrons. The molecular weight excluding hydrogens is 194 g/mol. The quantitative estimate of drug-likeness (QED) is 0.700. The summed E-state index contributed by atoms with van der Waals surface area (Å²) in [6.45, 7) is 0. The van der Waals surface area contributed by atoms with E-state index in [1.54, 1.807) is 0 Å². The second-order valence-corrected chi connectivity index (χ2v) is 4.40. The van der Waals surface area contributed by atoms with Gasteiger partial charge in [-0.15, -0.1) is 0 Å². The first-order chi connectivity index (χ1) is 7.95. The van der Waals surface area contributed by atoms with Gasteiger partial charge in [0.1, 0.15) is 0 Å². The summed E-state index contributed by atoms with van der Waals surface area (Å²) >= 11 is 0. The number of hydrogen-bond donors (Lipinski definition) is 0. The zero-order chi connectivity index (χ0) is 10.8. The number of hydrogen-bond acceptors (Lipinski definition) is 1. The van der Waals surface area contributed by atoms with E-state index in [1.165, 1.54) is 36.1 Å². The first kappa shape index (κ1) is 9.59. The Morgan fingerprint density at radius 2 is 1.88 bits per heavy atom. The molecule has 0 amide bonds. The maximum absolute atomic E-state index is 4.50. The maximum Gasteiger partial charge on any atom is 0.0478 e. The molecule has 1 aliphatic rings. The minimum atomic E-state index is 0.506. The minimum Gasteiger partial charge on any atom is -0.261 e. The van der Waals surface area contributed by atoms with Crippen LogP contribution in [-0.4, -0.2) is 4.98 Å². The van der Waals surface area contributed by atoms with Crippen molar-refractivity contribution in [2.24, 2.45) is 0 Å². The van der Waals surface area contributed by atoms with Crippen LogP contribution >= 0.6 is 0 Å². The average Bonchev–Trinajstić information content (AvgIpc) is 2.39. The highest BCUT2D eigenvalue weighted by Crippen LogP contribution is 2.35. The van der Waals surface area contributed by atoms with Crippen LogP contribution in [-0.2, 0) is 6.42 Å². The lowest BCUT2D eigenvalue weighted by Crippen LogP contribution is -2.11. The molecule has 0 radical (unpaired) electrons. The Morgan fingerprint density at radius 3 is 2.75 bits per heavy atom. The van der Waals surface area contributed by atoms with Crippen LogP contribution in [0.1, 0.15) is 35.6 Å². The zero-order valence-corrected chi connectivity index (χ0v) is 9.26. The number of nitrogens with zero attached hydrogens (tertiary/aromatic N) is 1. The van der Waals surface area contributed by atoms with Gasteiger partial charge in [0.2, 0.25) is 0 Å². The van der Waals surface area contributed by atoms with Crippen LogP contribution in [0, 0.1) is 0 Å². The molecule has 0 saturated carbocycles. The van der Waals surface area contributed by atoms with Gasteiger partial charge in [0.05, 0.1) is 0 Å². The van der Waals surface area contributed by atoms with Crippen molar-refractivity contribution >= 4 is 0 Å². The summed E-state index contributed by atoms with van der Waals surface area (Å²) in [6, 6.07) is 15.0. The fourth-order valence-corrected chi connectivity index (χ4v) is 2.64. The van der Waals surface area contributed by atoms with Crippen molar-refractivity contribution in [3.05, 3.63) is 65.5 Å². The van der Waals surface area contributed by atoms with E-state index in [2.05, 4.69) is 41.4 Å². The minimum absolute atomic E-state index is 0.506. The molecule has 3 rings (SSSR count). The smallest absolute Gasteiger partial charge is 0.0478 e. The molecule has 0 aliphatic heterocycles. The second-order valence-electron chi connectivity index (χ2n) is 4.40. The number of benzene rings is 1. The van der Waals surface area contributed by atoms with Gasteiger partial charge in [-0.25, -0.2) is 0 Å².